The van der Waals surface area contributed by atoms with Gasteiger partial charge < -0.3 is 14.8 Å². The van der Waals surface area contributed by atoms with E-state index in [0.717, 1.165) is 16.1 Å². The molecule has 7 nitrogen and oxygen atoms in total. The number of carbonyl (C=O) groups excluding carboxylic acids is 1. The molecule has 0 radical (unpaired) electrons. The number of hydrogen-bond acceptors (Lipinski definition) is 5. The van der Waals surface area contributed by atoms with Crippen molar-refractivity contribution in [2.75, 3.05) is 24.8 Å². The lowest BCUT2D eigenvalue weighted by atomic mass is 10.1. The Labute approximate surface area is 176 Å². The number of anilines is 1. The maximum absolute atomic E-state index is 13.0. The van der Waals surface area contributed by atoms with E-state index in [1.807, 2.05) is 18.2 Å². The number of hydrogen-bond donors (Lipinski definition) is 1. The smallest absolute Gasteiger partial charge is 0.244 e. The summed E-state index contributed by atoms with van der Waals surface area (Å²) in [5.41, 5.74) is 0.992. The number of rotatable bonds is 9. The van der Waals surface area contributed by atoms with Crippen molar-refractivity contribution in [3.63, 3.8) is 0 Å². The van der Waals surface area contributed by atoms with E-state index in [1.54, 1.807) is 32.2 Å². The minimum atomic E-state index is -3.81. The monoisotopic (exact) mass is 440 g/mol. The van der Waals surface area contributed by atoms with E-state index in [9.17, 15) is 13.2 Å². The summed E-state index contributed by atoms with van der Waals surface area (Å²) in [6, 6.07) is 10.9. The Hall–Kier alpha value is -2.45. The summed E-state index contributed by atoms with van der Waals surface area (Å²) in [6.07, 6.45) is 1.30. The standard InChI is InChI=1S/C20H25ClN2O5S/c1-5-16(20(24)22-13-14-8-6-7-9-18(14)27-2)23(29(4,25)26)17-12-15(21)10-11-19(17)28-3/h6-12,16H,5,13H2,1-4H3,(H,22,24)/t16-/m1/s1. The minimum Gasteiger partial charge on any atom is -0.496 e. The van der Waals surface area contributed by atoms with Gasteiger partial charge in [-0.2, -0.15) is 0 Å². The maximum atomic E-state index is 13.0. The lowest BCUT2D eigenvalue weighted by Crippen LogP contribution is -2.49. The zero-order valence-corrected chi connectivity index (χ0v) is 18.4. The highest BCUT2D eigenvalue weighted by atomic mass is 35.5. The van der Waals surface area contributed by atoms with Crippen molar-refractivity contribution >= 4 is 33.2 Å². The molecule has 2 aromatic rings. The molecule has 0 spiro atoms. The van der Waals surface area contributed by atoms with E-state index in [0.29, 0.717) is 16.5 Å². The molecule has 0 bridgehead atoms. The molecule has 1 atom stereocenters. The molecule has 0 unspecified atom stereocenters. The van der Waals surface area contributed by atoms with Crippen molar-refractivity contribution in [2.45, 2.75) is 25.9 Å². The fourth-order valence-corrected chi connectivity index (χ4v) is 4.39. The summed E-state index contributed by atoms with van der Waals surface area (Å²) in [4.78, 5) is 13.0. The van der Waals surface area contributed by atoms with Crippen LogP contribution in [0.25, 0.3) is 0 Å². The van der Waals surface area contributed by atoms with E-state index in [-0.39, 0.29) is 18.7 Å². The van der Waals surface area contributed by atoms with E-state index in [1.165, 1.54) is 13.2 Å². The fourth-order valence-electron chi connectivity index (χ4n) is 3.02. The summed E-state index contributed by atoms with van der Waals surface area (Å²) in [5.74, 6) is 0.499. The molecule has 0 heterocycles. The van der Waals surface area contributed by atoms with Crippen molar-refractivity contribution in [2.24, 2.45) is 0 Å². The van der Waals surface area contributed by atoms with E-state index in [2.05, 4.69) is 5.32 Å². The largest absolute Gasteiger partial charge is 0.496 e. The molecule has 0 fully saturated rings. The van der Waals surface area contributed by atoms with Crippen LogP contribution in [0.3, 0.4) is 0 Å². The number of carbonyl (C=O) groups is 1. The third-order valence-electron chi connectivity index (χ3n) is 4.35. The van der Waals surface area contributed by atoms with Gasteiger partial charge in [0.25, 0.3) is 0 Å². The van der Waals surface area contributed by atoms with Gasteiger partial charge in [-0.1, -0.05) is 36.7 Å². The molecular weight excluding hydrogens is 416 g/mol. The summed E-state index contributed by atoms with van der Waals surface area (Å²) in [5, 5.41) is 3.13. The van der Waals surface area contributed by atoms with Crippen molar-refractivity contribution in [1.29, 1.82) is 0 Å². The number of benzene rings is 2. The Balaban J connectivity index is 2.37. The number of nitrogens with one attached hydrogen (secondary N) is 1. The van der Waals surface area contributed by atoms with Gasteiger partial charge in [0, 0.05) is 17.1 Å². The number of para-hydroxylation sites is 1. The Morgan fingerprint density at radius 1 is 1.14 bits per heavy atom. The number of sulfonamides is 1. The highest BCUT2D eigenvalue weighted by molar-refractivity contribution is 7.92. The first-order valence-electron chi connectivity index (χ1n) is 8.95. The van der Waals surface area contributed by atoms with Gasteiger partial charge >= 0.3 is 0 Å². The molecule has 2 aromatic carbocycles. The number of methoxy groups -OCH3 is 2. The first-order valence-corrected chi connectivity index (χ1v) is 11.2. The molecule has 0 saturated heterocycles. The van der Waals surface area contributed by atoms with E-state index < -0.39 is 22.0 Å². The summed E-state index contributed by atoms with van der Waals surface area (Å²) in [7, 11) is -0.836. The van der Waals surface area contributed by atoms with Crippen LogP contribution in [0.4, 0.5) is 5.69 Å². The maximum Gasteiger partial charge on any atom is 0.244 e. The molecule has 0 aliphatic carbocycles. The van der Waals surface area contributed by atoms with E-state index in [4.69, 9.17) is 21.1 Å². The summed E-state index contributed by atoms with van der Waals surface area (Å²) < 4.78 is 36.9. The molecule has 0 saturated carbocycles. The van der Waals surface area contributed by atoms with Gasteiger partial charge in [0.15, 0.2) is 0 Å². The molecule has 158 valence electrons. The van der Waals surface area contributed by atoms with Crippen molar-refractivity contribution < 1.29 is 22.7 Å². The van der Waals surface area contributed by atoms with Crippen molar-refractivity contribution in [1.82, 2.24) is 5.32 Å². The molecule has 0 aliphatic heterocycles. The normalized spacial score (nSPS) is 12.2. The van der Waals surface area contributed by atoms with Gasteiger partial charge in [-0.15, -0.1) is 0 Å². The number of nitrogens with zero attached hydrogens (tertiary/aromatic N) is 1. The minimum absolute atomic E-state index is 0.198. The van der Waals surface area contributed by atoms with Crippen LogP contribution < -0.4 is 19.1 Å². The number of amides is 1. The Morgan fingerprint density at radius 3 is 2.38 bits per heavy atom. The number of ether oxygens (including phenoxy) is 2. The van der Waals surface area contributed by atoms with Gasteiger partial charge in [0.2, 0.25) is 15.9 Å². The second-order valence-corrected chi connectivity index (χ2v) is 8.62. The third-order valence-corrected chi connectivity index (χ3v) is 5.75. The fraction of sp³-hybridized carbons (Fsp3) is 0.350. The molecule has 1 N–H and O–H groups in total. The first-order chi connectivity index (χ1) is 13.7. The molecule has 29 heavy (non-hydrogen) atoms. The second kappa shape index (κ2) is 9.84. The SMILES string of the molecule is CC[C@H](C(=O)NCc1ccccc1OC)N(c1cc(Cl)ccc1OC)S(C)(=O)=O. The van der Waals surface area contributed by atoms with Crippen LogP contribution >= 0.6 is 11.6 Å². The van der Waals surface area contributed by atoms with Crippen molar-refractivity contribution in [3.8, 4) is 11.5 Å². The van der Waals surface area contributed by atoms with Gasteiger partial charge in [-0.25, -0.2) is 8.42 Å². The van der Waals surface area contributed by atoms with Gasteiger partial charge in [0.05, 0.1) is 26.2 Å². The van der Waals surface area contributed by atoms with Gasteiger partial charge in [-0.3, -0.25) is 9.10 Å². The Morgan fingerprint density at radius 2 is 1.79 bits per heavy atom. The van der Waals surface area contributed by atoms with Crippen LogP contribution in [0, 0.1) is 0 Å². The highest BCUT2D eigenvalue weighted by Crippen LogP contribution is 2.34. The second-order valence-electron chi connectivity index (χ2n) is 6.33. The highest BCUT2D eigenvalue weighted by Gasteiger charge is 2.33. The zero-order valence-electron chi connectivity index (χ0n) is 16.8. The predicted molar refractivity (Wildman–Crippen MR) is 114 cm³/mol. The summed E-state index contributed by atoms with van der Waals surface area (Å²) >= 11 is 6.08. The summed E-state index contributed by atoms with van der Waals surface area (Å²) in [6.45, 7) is 1.94. The van der Waals surface area contributed by atoms with Crippen LogP contribution in [0.2, 0.25) is 5.02 Å². The topological polar surface area (TPSA) is 84.9 Å². The molecule has 2 rings (SSSR count). The molecule has 0 aliphatic rings. The Bertz CT molecular complexity index is 965. The van der Waals surface area contributed by atoms with Crippen LogP contribution in [0.15, 0.2) is 42.5 Å². The molecule has 9 heteroatoms. The van der Waals surface area contributed by atoms with Crippen LogP contribution in [0.5, 0.6) is 11.5 Å². The molecule has 0 aromatic heterocycles. The first kappa shape index (κ1) is 22.8. The van der Waals surface area contributed by atoms with Gasteiger partial charge in [-0.05, 0) is 30.7 Å². The molecule has 1 amide bonds. The van der Waals surface area contributed by atoms with Crippen molar-refractivity contribution in [3.05, 3.63) is 53.1 Å². The quantitative estimate of drug-likeness (QED) is 0.647. The lowest BCUT2D eigenvalue weighted by Gasteiger charge is -2.31. The van der Waals surface area contributed by atoms with Crippen LogP contribution in [-0.4, -0.2) is 40.8 Å². The Kier molecular flexibility index (Phi) is 7.75. The van der Waals surface area contributed by atoms with Crippen LogP contribution in [-0.2, 0) is 21.4 Å². The number of halogens is 1. The van der Waals surface area contributed by atoms with Crippen LogP contribution in [0.1, 0.15) is 18.9 Å². The average Bonchev–Trinajstić information content (AvgIpc) is 2.69. The lowest BCUT2D eigenvalue weighted by molar-refractivity contribution is -0.122. The van der Waals surface area contributed by atoms with Gasteiger partial charge in [0.1, 0.15) is 17.5 Å². The molecular formula is C20H25ClN2O5S. The average molecular weight is 441 g/mol. The third kappa shape index (κ3) is 5.55. The predicted octanol–water partition coefficient (Wildman–Crippen LogP) is 3.22. The van der Waals surface area contributed by atoms with E-state index >= 15 is 0 Å². The zero-order chi connectivity index (χ0) is 21.6.